The number of esters is 1. The SMILES string of the molecule is CCOC(=O)CN(C)c1nc(C)cc(C)c1C#N. The van der Waals surface area contributed by atoms with Crippen LogP contribution in [0.25, 0.3) is 0 Å². The molecule has 18 heavy (non-hydrogen) atoms. The van der Waals surface area contributed by atoms with Crippen molar-refractivity contribution >= 4 is 11.8 Å². The van der Waals surface area contributed by atoms with Gasteiger partial charge in [0.25, 0.3) is 0 Å². The van der Waals surface area contributed by atoms with Crippen LogP contribution in [0.5, 0.6) is 0 Å². The van der Waals surface area contributed by atoms with E-state index in [1.54, 1.807) is 18.9 Å². The van der Waals surface area contributed by atoms with Crippen LogP contribution in [-0.2, 0) is 9.53 Å². The molecular weight excluding hydrogens is 230 g/mol. The third-order valence-electron chi connectivity index (χ3n) is 2.47. The average molecular weight is 247 g/mol. The van der Waals surface area contributed by atoms with Gasteiger partial charge in [-0.3, -0.25) is 4.79 Å². The topological polar surface area (TPSA) is 66.2 Å². The molecule has 0 spiro atoms. The molecule has 0 fully saturated rings. The predicted molar refractivity (Wildman–Crippen MR) is 68.3 cm³/mol. The summed E-state index contributed by atoms with van der Waals surface area (Å²) in [5, 5.41) is 9.14. The van der Waals surface area contributed by atoms with Gasteiger partial charge in [0, 0.05) is 12.7 Å². The molecule has 1 heterocycles. The Hall–Kier alpha value is -2.09. The summed E-state index contributed by atoms with van der Waals surface area (Å²) in [4.78, 5) is 17.4. The van der Waals surface area contributed by atoms with Gasteiger partial charge in [0.05, 0.1) is 12.2 Å². The summed E-state index contributed by atoms with van der Waals surface area (Å²) < 4.78 is 4.88. The van der Waals surface area contributed by atoms with Gasteiger partial charge in [0.15, 0.2) is 0 Å². The minimum absolute atomic E-state index is 0.0818. The van der Waals surface area contributed by atoms with Crippen molar-refractivity contribution in [3.05, 3.63) is 22.9 Å². The highest BCUT2D eigenvalue weighted by molar-refractivity contribution is 5.76. The second-order valence-electron chi connectivity index (χ2n) is 4.05. The van der Waals surface area contributed by atoms with E-state index < -0.39 is 0 Å². The second-order valence-corrected chi connectivity index (χ2v) is 4.05. The number of aryl methyl sites for hydroxylation is 2. The van der Waals surface area contributed by atoms with E-state index in [0.29, 0.717) is 18.0 Å². The van der Waals surface area contributed by atoms with E-state index in [-0.39, 0.29) is 12.5 Å². The quantitative estimate of drug-likeness (QED) is 0.755. The van der Waals surface area contributed by atoms with E-state index in [1.807, 2.05) is 19.9 Å². The number of hydrogen-bond acceptors (Lipinski definition) is 5. The standard InChI is InChI=1S/C13H17N3O2/c1-5-18-12(17)8-16(4)13-11(7-14)9(2)6-10(3)15-13/h6H,5,8H2,1-4H3. The van der Waals surface area contributed by atoms with Gasteiger partial charge in [-0.2, -0.15) is 5.26 Å². The number of anilines is 1. The highest BCUT2D eigenvalue weighted by Gasteiger charge is 2.15. The van der Waals surface area contributed by atoms with Gasteiger partial charge in [-0.1, -0.05) is 0 Å². The van der Waals surface area contributed by atoms with Crippen LogP contribution >= 0.6 is 0 Å². The van der Waals surface area contributed by atoms with Gasteiger partial charge in [0.2, 0.25) is 0 Å². The van der Waals surface area contributed by atoms with Crippen LogP contribution in [0.4, 0.5) is 5.82 Å². The van der Waals surface area contributed by atoms with E-state index in [2.05, 4.69) is 11.1 Å². The van der Waals surface area contributed by atoms with Gasteiger partial charge in [-0.15, -0.1) is 0 Å². The Morgan fingerprint density at radius 1 is 1.56 bits per heavy atom. The fourth-order valence-corrected chi connectivity index (χ4v) is 1.71. The first kappa shape index (κ1) is 14.0. The number of hydrogen-bond donors (Lipinski definition) is 0. The number of carbonyl (C=O) groups is 1. The van der Waals surface area contributed by atoms with E-state index in [4.69, 9.17) is 10.00 Å². The lowest BCUT2D eigenvalue weighted by atomic mass is 10.1. The number of nitrogens with zero attached hydrogens (tertiary/aromatic N) is 3. The number of ether oxygens (including phenoxy) is 1. The number of rotatable bonds is 4. The van der Waals surface area contributed by atoms with Crippen molar-refractivity contribution in [2.75, 3.05) is 25.1 Å². The molecular formula is C13H17N3O2. The second kappa shape index (κ2) is 6.01. The zero-order valence-corrected chi connectivity index (χ0v) is 11.1. The molecule has 0 aliphatic heterocycles. The van der Waals surface area contributed by atoms with Gasteiger partial charge in [-0.25, -0.2) is 4.98 Å². The lowest BCUT2D eigenvalue weighted by molar-refractivity contribution is -0.141. The number of carbonyl (C=O) groups excluding carboxylic acids is 1. The predicted octanol–water partition coefficient (Wildman–Crippen LogP) is 1.57. The van der Waals surface area contributed by atoms with Crippen molar-refractivity contribution in [3.8, 4) is 6.07 Å². The van der Waals surface area contributed by atoms with Crippen molar-refractivity contribution < 1.29 is 9.53 Å². The van der Waals surface area contributed by atoms with Crippen LogP contribution in [0.1, 0.15) is 23.7 Å². The van der Waals surface area contributed by atoms with Crippen LogP contribution in [0, 0.1) is 25.2 Å². The number of nitriles is 1. The van der Waals surface area contributed by atoms with Gasteiger partial charge in [-0.05, 0) is 32.4 Å². The van der Waals surface area contributed by atoms with E-state index in [0.717, 1.165) is 11.3 Å². The van der Waals surface area contributed by atoms with Gasteiger partial charge >= 0.3 is 5.97 Å². The summed E-state index contributed by atoms with van der Waals surface area (Å²) in [5.74, 6) is 0.188. The van der Waals surface area contributed by atoms with E-state index in [9.17, 15) is 4.79 Å². The summed E-state index contributed by atoms with van der Waals surface area (Å²) in [5.41, 5.74) is 2.17. The molecule has 96 valence electrons. The lowest BCUT2D eigenvalue weighted by Gasteiger charge is -2.19. The summed E-state index contributed by atoms with van der Waals surface area (Å²) in [6.45, 7) is 5.90. The maximum absolute atomic E-state index is 11.4. The van der Waals surface area contributed by atoms with Crippen molar-refractivity contribution in [1.29, 1.82) is 5.26 Å². The Kier molecular flexibility index (Phi) is 4.67. The first-order chi connectivity index (χ1) is 8.49. The first-order valence-corrected chi connectivity index (χ1v) is 5.74. The molecule has 0 unspecified atom stereocenters. The summed E-state index contributed by atoms with van der Waals surface area (Å²) in [6.07, 6.45) is 0. The highest BCUT2D eigenvalue weighted by atomic mass is 16.5. The third-order valence-corrected chi connectivity index (χ3v) is 2.47. The molecule has 0 bridgehead atoms. The minimum Gasteiger partial charge on any atom is -0.465 e. The van der Waals surface area contributed by atoms with Crippen LogP contribution in [0.2, 0.25) is 0 Å². The molecule has 0 radical (unpaired) electrons. The Morgan fingerprint density at radius 2 is 2.22 bits per heavy atom. The molecule has 1 aromatic rings. The van der Waals surface area contributed by atoms with Crippen molar-refractivity contribution in [2.45, 2.75) is 20.8 Å². The maximum atomic E-state index is 11.4. The molecule has 0 saturated carbocycles. The average Bonchev–Trinajstić information content (AvgIpc) is 2.28. The van der Waals surface area contributed by atoms with Crippen molar-refractivity contribution in [1.82, 2.24) is 4.98 Å². The minimum atomic E-state index is -0.329. The lowest BCUT2D eigenvalue weighted by Crippen LogP contribution is -2.28. The van der Waals surface area contributed by atoms with Gasteiger partial charge in [0.1, 0.15) is 18.4 Å². The summed E-state index contributed by atoms with van der Waals surface area (Å²) in [7, 11) is 1.72. The van der Waals surface area contributed by atoms with E-state index >= 15 is 0 Å². The molecule has 0 saturated heterocycles. The number of likely N-dealkylation sites (N-methyl/N-ethyl adjacent to an activating group) is 1. The maximum Gasteiger partial charge on any atom is 0.325 e. The molecule has 0 amide bonds. The molecule has 0 atom stereocenters. The zero-order chi connectivity index (χ0) is 13.7. The summed E-state index contributed by atoms with van der Waals surface area (Å²) in [6, 6.07) is 3.97. The smallest absolute Gasteiger partial charge is 0.325 e. The van der Waals surface area contributed by atoms with Crippen molar-refractivity contribution in [3.63, 3.8) is 0 Å². The van der Waals surface area contributed by atoms with Crippen LogP contribution in [0.15, 0.2) is 6.07 Å². The fraction of sp³-hybridized carbons (Fsp3) is 0.462. The largest absolute Gasteiger partial charge is 0.465 e. The molecule has 5 heteroatoms. The Balaban J connectivity index is 3.02. The Labute approximate surface area is 107 Å². The third kappa shape index (κ3) is 3.20. The highest BCUT2D eigenvalue weighted by Crippen LogP contribution is 2.20. The van der Waals surface area contributed by atoms with E-state index in [1.165, 1.54) is 0 Å². The number of aromatic nitrogens is 1. The van der Waals surface area contributed by atoms with Crippen LogP contribution in [0.3, 0.4) is 0 Å². The molecule has 0 aromatic carbocycles. The molecule has 1 rings (SSSR count). The summed E-state index contributed by atoms with van der Waals surface area (Å²) >= 11 is 0. The fourth-order valence-electron chi connectivity index (χ4n) is 1.71. The molecule has 0 N–H and O–H groups in total. The van der Waals surface area contributed by atoms with Gasteiger partial charge < -0.3 is 9.64 Å². The number of pyridine rings is 1. The normalized spacial score (nSPS) is 9.72. The van der Waals surface area contributed by atoms with Crippen LogP contribution < -0.4 is 4.90 Å². The molecule has 0 aliphatic carbocycles. The monoisotopic (exact) mass is 247 g/mol. The molecule has 1 aromatic heterocycles. The first-order valence-electron chi connectivity index (χ1n) is 5.74. The molecule has 5 nitrogen and oxygen atoms in total. The van der Waals surface area contributed by atoms with Crippen LogP contribution in [-0.4, -0.2) is 31.2 Å². The Morgan fingerprint density at radius 3 is 2.78 bits per heavy atom. The molecule has 0 aliphatic rings. The van der Waals surface area contributed by atoms with Crippen molar-refractivity contribution in [2.24, 2.45) is 0 Å². The zero-order valence-electron chi connectivity index (χ0n) is 11.1. The Bertz CT molecular complexity index is 492.